The number of nitrogens with zero attached hydrogens (tertiary/aromatic N) is 4. The molecule has 4 rings (SSSR count). The molecule has 0 spiro atoms. The van der Waals surface area contributed by atoms with E-state index in [1.54, 1.807) is 11.0 Å². The molecule has 26 heavy (non-hydrogen) atoms. The molecule has 0 saturated carbocycles. The molecule has 6 heteroatoms. The third-order valence-electron chi connectivity index (χ3n) is 4.88. The highest BCUT2D eigenvalue weighted by Crippen LogP contribution is 2.30. The first-order valence-corrected chi connectivity index (χ1v) is 8.67. The van der Waals surface area contributed by atoms with E-state index in [2.05, 4.69) is 57.4 Å². The predicted octanol–water partition coefficient (Wildman–Crippen LogP) is 3.61. The van der Waals surface area contributed by atoms with Crippen molar-refractivity contribution in [3.8, 4) is 22.5 Å². The fraction of sp³-hybridized carbons (Fsp3) is 0.250. The molecular formula is C20H22N6. The molecule has 3 aromatic heterocycles. The summed E-state index contributed by atoms with van der Waals surface area (Å²) < 4.78 is 1.79. The van der Waals surface area contributed by atoms with Crippen LogP contribution in [0.15, 0.2) is 43.0 Å². The van der Waals surface area contributed by atoms with Gasteiger partial charge in [0.2, 0.25) is 0 Å². The number of nitrogens with one attached hydrogen (secondary N) is 2. The van der Waals surface area contributed by atoms with Crippen LogP contribution in [0.2, 0.25) is 0 Å². The number of hydrogen-bond acceptors (Lipinski definition) is 4. The number of aryl methyl sites for hydroxylation is 2. The third kappa shape index (κ3) is 2.78. The molecule has 0 fully saturated rings. The average molecular weight is 346 g/mol. The SMILES string of the molecule is CNC(C)c1ccc(-c2ncnc3cc(-c4cnn(C)c4)[nH]c23)cc1C. The van der Waals surface area contributed by atoms with E-state index in [0.717, 1.165) is 33.5 Å². The van der Waals surface area contributed by atoms with Gasteiger partial charge in [0.05, 0.1) is 28.6 Å². The Labute approximate surface area is 152 Å². The summed E-state index contributed by atoms with van der Waals surface area (Å²) in [5.41, 5.74) is 8.41. The van der Waals surface area contributed by atoms with Crippen LogP contribution in [0, 0.1) is 6.92 Å². The van der Waals surface area contributed by atoms with E-state index in [0.29, 0.717) is 6.04 Å². The number of aromatic nitrogens is 5. The van der Waals surface area contributed by atoms with Crippen LogP contribution >= 0.6 is 0 Å². The van der Waals surface area contributed by atoms with Crippen molar-refractivity contribution in [1.29, 1.82) is 0 Å². The molecule has 4 aromatic rings. The molecular weight excluding hydrogens is 324 g/mol. The summed E-state index contributed by atoms with van der Waals surface area (Å²) in [7, 11) is 3.89. The Morgan fingerprint density at radius 3 is 2.69 bits per heavy atom. The molecule has 0 radical (unpaired) electrons. The molecule has 0 aliphatic rings. The van der Waals surface area contributed by atoms with Gasteiger partial charge < -0.3 is 10.3 Å². The highest BCUT2D eigenvalue weighted by Gasteiger charge is 2.14. The molecule has 1 aromatic carbocycles. The van der Waals surface area contributed by atoms with Gasteiger partial charge in [-0.05, 0) is 44.2 Å². The van der Waals surface area contributed by atoms with Crippen molar-refractivity contribution in [1.82, 2.24) is 30.0 Å². The molecule has 0 saturated heterocycles. The second-order valence-electron chi connectivity index (χ2n) is 6.65. The lowest BCUT2D eigenvalue weighted by atomic mass is 9.98. The van der Waals surface area contributed by atoms with Crippen molar-refractivity contribution in [3.63, 3.8) is 0 Å². The van der Waals surface area contributed by atoms with Crippen molar-refractivity contribution in [2.24, 2.45) is 7.05 Å². The van der Waals surface area contributed by atoms with Gasteiger partial charge in [-0.25, -0.2) is 9.97 Å². The zero-order valence-electron chi connectivity index (χ0n) is 15.4. The Balaban J connectivity index is 1.82. The fourth-order valence-electron chi connectivity index (χ4n) is 3.34. The largest absolute Gasteiger partial charge is 0.351 e. The summed E-state index contributed by atoms with van der Waals surface area (Å²) >= 11 is 0. The molecule has 1 unspecified atom stereocenters. The summed E-state index contributed by atoms with van der Waals surface area (Å²) in [5.74, 6) is 0. The van der Waals surface area contributed by atoms with E-state index in [-0.39, 0.29) is 0 Å². The van der Waals surface area contributed by atoms with Crippen molar-refractivity contribution in [2.45, 2.75) is 19.9 Å². The lowest BCUT2D eigenvalue weighted by molar-refractivity contribution is 0.648. The number of benzene rings is 1. The van der Waals surface area contributed by atoms with Crippen LogP contribution in [-0.4, -0.2) is 31.8 Å². The van der Waals surface area contributed by atoms with E-state index in [4.69, 9.17) is 0 Å². The summed E-state index contributed by atoms with van der Waals surface area (Å²) in [4.78, 5) is 12.4. The van der Waals surface area contributed by atoms with E-state index >= 15 is 0 Å². The van der Waals surface area contributed by atoms with Gasteiger partial charge >= 0.3 is 0 Å². The summed E-state index contributed by atoms with van der Waals surface area (Å²) in [6, 6.07) is 8.85. The van der Waals surface area contributed by atoms with Crippen LogP contribution in [-0.2, 0) is 7.05 Å². The van der Waals surface area contributed by atoms with Crippen molar-refractivity contribution in [2.75, 3.05) is 7.05 Å². The quantitative estimate of drug-likeness (QED) is 0.592. The number of rotatable bonds is 4. The Bertz CT molecular complexity index is 1080. The minimum atomic E-state index is 0.317. The van der Waals surface area contributed by atoms with Gasteiger partial charge in [0.1, 0.15) is 6.33 Å². The number of fused-ring (bicyclic) bond motifs is 1. The number of hydrogen-bond donors (Lipinski definition) is 2. The van der Waals surface area contributed by atoms with E-state index in [1.807, 2.05) is 32.6 Å². The van der Waals surface area contributed by atoms with Crippen molar-refractivity contribution in [3.05, 3.63) is 54.1 Å². The van der Waals surface area contributed by atoms with Gasteiger partial charge in [-0.1, -0.05) is 12.1 Å². The smallest absolute Gasteiger partial charge is 0.116 e. The van der Waals surface area contributed by atoms with Crippen LogP contribution in [0.5, 0.6) is 0 Å². The van der Waals surface area contributed by atoms with E-state index in [1.165, 1.54) is 11.1 Å². The maximum atomic E-state index is 4.55. The first-order chi connectivity index (χ1) is 12.6. The van der Waals surface area contributed by atoms with Crippen LogP contribution in [0.1, 0.15) is 24.1 Å². The summed E-state index contributed by atoms with van der Waals surface area (Å²) in [6.45, 7) is 4.30. The maximum Gasteiger partial charge on any atom is 0.116 e. The second-order valence-corrected chi connectivity index (χ2v) is 6.65. The normalized spacial score (nSPS) is 12.6. The van der Waals surface area contributed by atoms with Gasteiger partial charge in [0.25, 0.3) is 0 Å². The minimum Gasteiger partial charge on any atom is -0.351 e. The maximum absolute atomic E-state index is 4.55. The van der Waals surface area contributed by atoms with Crippen molar-refractivity contribution < 1.29 is 0 Å². The van der Waals surface area contributed by atoms with Gasteiger partial charge in [0, 0.05) is 30.4 Å². The van der Waals surface area contributed by atoms with E-state index in [9.17, 15) is 0 Å². The zero-order valence-corrected chi connectivity index (χ0v) is 15.4. The fourth-order valence-corrected chi connectivity index (χ4v) is 3.34. The van der Waals surface area contributed by atoms with Gasteiger partial charge in [-0.3, -0.25) is 4.68 Å². The number of aromatic amines is 1. The van der Waals surface area contributed by atoms with Crippen LogP contribution in [0.4, 0.5) is 0 Å². The van der Waals surface area contributed by atoms with Crippen molar-refractivity contribution >= 4 is 11.0 Å². The third-order valence-corrected chi connectivity index (χ3v) is 4.88. The lowest BCUT2D eigenvalue weighted by Gasteiger charge is -2.15. The topological polar surface area (TPSA) is 71.4 Å². The van der Waals surface area contributed by atoms with Crippen LogP contribution < -0.4 is 5.32 Å². The van der Waals surface area contributed by atoms with Gasteiger partial charge in [0.15, 0.2) is 0 Å². The Morgan fingerprint density at radius 1 is 1.15 bits per heavy atom. The summed E-state index contributed by atoms with van der Waals surface area (Å²) in [5, 5.41) is 7.54. The second kappa shape index (κ2) is 6.38. The molecule has 0 amide bonds. The first-order valence-electron chi connectivity index (χ1n) is 8.67. The molecule has 2 N–H and O–H groups in total. The molecule has 0 aliphatic carbocycles. The predicted molar refractivity (Wildman–Crippen MR) is 104 cm³/mol. The Hall–Kier alpha value is -2.99. The molecule has 6 nitrogen and oxygen atoms in total. The van der Waals surface area contributed by atoms with E-state index < -0.39 is 0 Å². The van der Waals surface area contributed by atoms with Gasteiger partial charge in [-0.2, -0.15) is 5.10 Å². The van der Waals surface area contributed by atoms with Crippen LogP contribution in [0.25, 0.3) is 33.5 Å². The van der Waals surface area contributed by atoms with Gasteiger partial charge in [-0.15, -0.1) is 0 Å². The highest BCUT2D eigenvalue weighted by molar-refractivity contribution is 5.92. The molecule has 0 aliphatic heterocycles. The average Bonchev–Trinajstić information content (AvgIpc) is 3.26. The zero-order chi connectivity index (χ0) is 18.3. The lowest BCUT2D eigenvalue weighted by Crippen LogP contribution is -2.13. The number of H-pyrrole nitrogens is 1. The Kier molecular flexibility index (Phi) is 4.05. The minimum absolute atomic E-state index is 0.317. The highest BCUT2D eigenvalue weighted by atomic mass is 15.2. The molecule has 0 bridgehead atoms. The standard InChI is InChI=1S/C20H22N6/c1-12-7-14(5-6-16(12)13(2)21-3)19-20-18(22-11-23-19)8-17(25-20)15-9-24-26(4)10-15/h5-11,13,21,25H,1-4H3. The first kappa shape index (κ1) is 16.5. The molecule has 1 atom stereocenters. The monoisotopic (exact) mass is 346 g/mol. The van der Waals surface area contributed by atoms with Crippen LogP contribution in [0.3, 0.4) is 0 Å². The summed E-state index contributed by atoms with van der Waals surface area (Å²) in [6.07, 6.45) is 5.45. The Morgan fingerprint density at radius 2 is 2.00 bits per heavy atom. The molecule has 3 heterocycles. The molecule has 132 valence electrons.